The molecule has 29 heavy (non-hydrogen) atoms. The Balaban J connectivity index is 1.57. The van der Waals surface area contributed by atoms with E-state index in [1.54, 1.807) is 6.92 Å². The van der Waals surface area contributed by atoms with Crippen LogP contribution in [0.3, 0.4) is 0 Å². The van der Waals surface area contributed by atoms with Crippen molar-refractivity contribution in [3.8, 4) is 0 Å². The van der Waals surface area contributed by atoms with Gasteiger partial charge in [0.25, 0.3) is 0 Å². The zero-order valence-corrected chi connectivity index (χ0v) is 17.7. The van der Waals surface area contributed by atoms with Crippen molar-refractivity contribution in [2.24, 2.45) is 33.7 Å². The Bertz CT molecular complexity index is 788. The second-order valence-corrected chi connectivity index (χ2v) is 10.2. The van der Waals surface area contributed by atoms with Gasteiger partial charge in [-0.05, 0) is 87.5 Å². The minimum atomic E-state index is -1.16. The van der Waals surface area contributed by atoms with Gasteiger partial charge in [-0.2, -0.15) is 0 Å². The van der Waals surface area contributed by atoms with Crippen LogP contribution in [0, 0.1) is 28.6 Å². The maximum absolute atomic E-state index is 12.3. The summed E-state index contributed by atoms with van der Waals surface area (Å²) >= 11 is 0. The van der Waals surface area contributed by atoms with Crippen LogP contribution in [0.1, 0.15) is 72.1 Å². The highest BCUT2D eigenvalue weighted by atomic mass is 16.6. The molecule has 3 saturated carbocycles. The van der Waals surface area contributed by atoms with Crippen LogP contribution in [0.15, 0.2) is 16.8 Å². The zero-order valence-electron chi connectivity index (χ0n) is 17.7. The molecule has 6 nitrogen and oxygen atoms in total. The van der Waals surface area contributed by atoms with Gasteiger partial charge in [-0.25, -0.2) is 4.79 Å². The van der Waals surface area contributed by atoms with Crippen LogP contribution < -0.4 is 0 Å². The van der Waals surface area contributed by atoms with Gasteiger partial charge < -0.3 is 15.1 Å². The van der Waals surface area contributed by atoms with Crippen molar-refractivity contribution < 1.29 is 24.6 Å². The highest BCUT2D eigenvalue weighted by Gasteiger charge is 2.65. The number of carbonyl (C=O) groups excluding carboxylic acids is 1. The number of hydrogen-bond donors (Lipinski definition) is 2. The molecule has 0 aliphatic heterocycles. The molecule has 2 N–H and O–H groups in total. The second-order valence-electron chi connectivity index (χ2n) is 10.2. The molecule has 0 aromatic rings. The second kappa shape index (κ2) is 6.93. The Morgan fingerprint density at radius 3 is 2.55 bits per heavy atom. The molecular weight excluding hydrogens is 370 g/mol. The van der Waals surface area contributed by atoms with Crippen molar-refractivity contribution in [3.05, 3.63) is 11.6 Å². The fourth-order valence-electron chi connectivity index (χ4n) is 7.41. The van der Waals surface area contributed by atoms with Crippen molar-refractivity contribution in [1.29, 1.82) is 0 Å². The third-order valence-corrected chi connectivity index (χ3v) is 9.08. The van der Waals surface area contributed by atoms with Gasteiger partial charge in [0.1, 0.15) is 5.60 Å². The number of aliphatic carboxylic acids is 1. The first-order valence-electron chi connectivity index (χ1n) is 11.0. The van der Waals surface area contributed by atoms with E-state index in [1.165, 1.54) is 5.57 Å². The molecule has 0 heterocycles. The number of oxime groups is 1. The summed E-state index contributed by atoms with van der Waals surface area (Å²) in [7, 11) is 0. The van der Waals surface area contributed by atoms with E-state index in [2.05, 4.69) is 25.1 Å². The highest BCUT2D eigenvalue weighted by molar-refractivity contribution is 5.96. The van der Waals surface area contributed by atoms with E-state index in [0.29, 0.717) is 24.2 Å². The summed E-state index contributed by atoms with van der Waals surface area (Å²) in [6.45, 7) is 5.67. The van der Waals surface area contributed by atoms with Crippen molar-refractivity contribution in [2.45, 2.75) is 77.7 Å². The van der Waals surface area contributed by atoms with Gasteiger partial charge in [0.2, 0.25) is 6.61 Å². The summed E-state index contributed by atoms with van der Waals surface area (Å²) in [5, 5.41) is 24.0. The molecule has 4 aliphatic rings. The van der Waals surface area contributed by atoms with Crippen molar-refractivity contribution in [2.75, 3.05) is 6.61 Å². The Morgan fingerprint density at radius 1 is 1.14 bits per heavy atom. The Labute approximate surface area is 172 Å². The van der Waals surface area contributed by atoms with E-state index in [1.807, 2.05) is 0 Å². The molecule has 0 saturated heterocycles. The predicted molar refractivity (Wildman–Crippen MR) is 108 cm³/mol. The van der Waals surface area contributed by atoms with Crippen LogP contribution >= 0.6 is 0 Å². The van der Waals surface area contributed by atoms with Crippen LogP contribution in [-0.4, -0.2) is 39.9 Å². The van der Waals surface area contributed by atoms with Gasteiger partial charge in [-0.15, -0.1) is 0 Å². The van der Waals surface area contributed by atoms with E-state index in [-0.39, 0.29) is 16.6 Å². The van der Waals surface area contributed by atoms with E-state index < -0.39 is 18.2 Å². The number of Topliss-reactive ketones (excluding diaryl/α,β-unsaturated/α-hetero) is 1. The first-order chi connectivity index (χ1) is 13.6. The summed E-state index contributed by atoms with van der Waals surface area (Å²) in [5.74, 6) is 0.434. The first kappa shape index (κ1) is 20.6. The number of carboxylic acid groups (broad SMARTS) is 1. The molecule has 3 fully saturated rings. The quantitative estimate of drug-likeness (QED) is 0.697. The third kappa shape index (κ3) is 2.97. The van der Waals surface area contributed by atoms with Crippen LogP contribution in [0.25, 0.3) is 0 Å². The largest absolute Gasteiger partial charge is 0.479 e. The molecule has 0 amide bonds. The number of nitrogens with zero attached hydrogens (tertiary/aromatic N) is 1. The lowest BCUT2D eigenvalue weighted by Crippen LogP contribution is -2.57. The standard InChI is InChI=1S/C23H33NO5/c1-14(25)23(28)11-8-19-17-5-4-15-12-16(24-29-13-20(26)27)6-9-21(15,2)18(17)7-10-22(19,23)3/h12,17-19,28H,4-11,13H2,1-3H3,(H,26,27)/t17-,18+,19-,21-,22-,23-/m0/s1. The Morgan fingerprint density at radius 2 is 1.86 bits per heavy atom. The zero-order chi connectivity index (χ0) is 21.0. The Kier molecular flexibility index (Phi) is 4.92. The molecule has 4 aliphatic carbocycles. The van der Waals surface area contributed by atoms with Gasteiger partial charge in [0, 0.05) is 5.41 Å². The molecule has 0 spiro atoms. The van der Waals surface area contributed by atoms with Gasteiger partial charge >= 0.3 is 5.97 Å². The number of aliphatic hydroxyl groups is 1. The lowest BCUT2D eigenvalue weighted by Gasteiger charge is -2.59. The van der Waals surface area contributed by atoms with Crippen LogP contribution in [0.2, 0.25) is 0 Å². The molecule has 160 valence electrons. The average molecular weight is 404 g/mol. The highest BCUT2D eigenvalue weighted by Crippen LogP contribution is 2.67. The summed E-state index contributed by atoms with van der Waals surface area (Å²) in [5.41, 5.74) is 0.903. The third-order valence-electron chi connectivity index (χ3n) is 9.08. The fraction of sp³-hybridized carbons (Fsp3) is 0.783. The number of carbonyl (C=O) groups is 2. The molecule has 0 unspecified atom stereocenters. The minimum Gasteiger partial charge on any atom is -0.479 e. The number of allylic oxidation sites excluding steroid dienone is 2. The minimum absolute atomic E-state index is 0.0663. The molecular formula is C23H33NO5. The van der Waals surface area contributed by atoms with Crippen LogP contribution in [0.4, 0.5) is 0 Å². The van der Waals surface area contributed by atoms with E-state index in [9.17, 15) is 14.7 Å². The number of hydrogen-bond acceptors (Lipinski definition) is 5. The van der Waals surface area contributed by atoms with Gasteiger partial charge in [-0.3, -0.25) is 4.79 Å². The van der Waals surface area contributed by atoms with Gasteiger partial charge in [0.15, 0.2) is 5.78 Å². The van der Waals surface area contributed by atoms with Gasteiger partial charge in [0.05, 0.1) is 5.71 Å². The van der Waals surface area contributed by atoms with Crippen molar-refractivity contribution in [3.63, 3.8) is 0 Å². The normalized spacial score (nSPS) is 45.0. The van der Waals surface area contributed by atoms with Crippen molar-refractivity contribution in [1.82, 2.24) is 0 Å². The molecule has 0 bridgehead atoms. The Hall–Kier alpha value is -1.69. The molecule has 0 radical (unpaired) electrons. The lowest BCUT2D eigenvalue weighted by atomic mass is 9.46. The summed E-state index contributed by atoms with van der Waals surface area (Å²) in [4.78, 5) is 27.9. The maximum atomic E-state index is 12.3. The smallest absolute Gasteiger partial charge is 0.344 e. The van der Waals surface area contributed by atoms with E-state index >= 15 is 0 Å². The first-order valence-corrected chi connectivity index (χ1v) is 11.0. The summed E-state index contributed by atoms with van der Waals surface area (Å²) < 4.78 is 0. The number of rotatable bonds is 4. The maximum Gasteiger partial charge on any atom is 0.344 e. The monoisotopic (exact) mass is 403 g/mol. The molecule has 6 heteroatoms. The van der Waals surface area contributed by atoms with Crippen LogP contribution in [-0.2, 0) is 14.4 Å². The molecule has 0 aromatic carbocycles. The number of fused-ring (bicyclic) bond motifs is 5. The fourth-order valence-corrected chi connectivity index (χ4v) is 7.41. The van der Waals surface area contributed by atoms with Crippen LogP contribution in [0.5, 0.6) is 0 Å². The van der Waals surface area contributed by atoms with E-state index in [0.717, 1.165) is 50.7 Å². The number of carboxylic acids is 1. The van der Waals surface area contributed by atoms with Crippen molar-refractivity contribution >= 4 is 17.5 Å². The summed E-state index contributed by atoms with van der Waals surface area (Å²) in [6, 6.07) is 0. The predicted octanol–water partition coefficient (Wildman–Crippen LogP) is 3.73. The SMILES string of the molecule is CC(=O)[C@@]1(O)CC[C@H]2[C@H]3CCC4=CC(=NOCC(=O)O)CC[C@]4(C)[C@@H]3CC[C@@]21C. The average Bonchev–Trinajstić information content (AvgIpc) is 2.94. The molecule has 6 atom stereocenters. The molecule has 4 rings (SSSR count). The number of ketones is 1. The van der Waals surface area contributed by atoms with Gasteiger partial charge in [-0.1, -0.05) is 24.6 Å². The lowest BCUT2D eigenvalue weighted by molar-refractivity contribution is -0.159. The molecule has 0 aromatic heterocycles. The van der Waals surface area contributed by atoms with E-state index in [4.69, 9.17) is 9.94 Å². The topological polar surface area (TPSA) is 96.2 Å². The summed E-state index contributed by atoms with van der Waals surface area (Å²) in [6.07, 6.45) is 9.50.